The largest absolute Gasteiger partial charge is 0.511 e. The standard InChI is InChI=1S/C28H30ClN3O6S/c1-36-22-14-23(37-2)20(29)13-17(22)11-12-28(18-5-3-4-6-18)15-21(34)24(26(35)38-28)39-27-30-25(31-32-27)16-7-9-19(33)10-8-16/h7-10,13-14,18,33-34H,3-6,11-12,15H2,1-2H3,(H,30,31,32). The van der Waals surface area contributed by atoms with Gasteiger partial charge in [0.15, 0.2) is 5.82 Å². The fourth-order valence-electron chi connectivity index (χ4n) is 5.47. The molecule has 1 aliphatic carbocycles. The first-order valence-electron chi connectivity index (χ1n) is 12.8. The Balaban J connectivity index is 1.38. The van der Waals surface area contributed by atoms with Crippen LogP contribution in [0.2, 0.25) is 5.02 Å². The molecule has 9 nitrogen and oxygen atoms in total. The molecule has 1 atom stereocenters. The van der Waals surface area contributed by atoms with Gasteiger partial charge in [-0.25, -0.2) is 9.78 Å². The van der Waals surface area contributed by atoms with Crippen molar-refractivity contribution in [2.45, 2.75) is 55.7 Å². The minimum atomic E-state index is -0.838. The minimum Gasteiger partial charge on any atom is -0.511 e. The number of aromatic amines is 1. The Morgan fingerprint density at radius 3 is 2.51 bits per heavy atom. The summed E-state index contributed by atoms with van der Waals surface area (Å²) in [5, 5.41) is 28.4. The maximum absolute atomic E-state index is 13.4. The third kappa shape index (κ3) is 5.67. The number of methoxy groups -OCH3 is 2. The lowest BCUT2D eigenvalue weighted by atomic mass is 9.77. The summed E-state index contributed by atoms with van der Waals surface area (Å²) in [5.41, 5.74) is 0.767. The number of aliphatic hydroxyl groups is 1. The number of nitrogens with zero attached hydrogens (tertiary/aromatic N) is 2. The number of hydrogen-bond acceptors (Lipinski definition) is 9. The second-order valence-electron chi connectivity index (χ2n) is 9.80. The quantitative estimate of drug-likeness (QED) is 0.256. The highest BCUT2D eigenvalue weighted by atomic mass is 35.5. The van der Waals surface area contributed by atoms with Gasteiger partial charge in [-0.2, -0.15) is 0 Å². The zero-order valence-corrected chi connectivity index (χ0v) is 23.3. The van der Waals surface area contributed by atoms with E-state index in [0.29, 0.717) is 35.2 Å². The van der Waals surface area contributed by atoms with Crippen molar-refractivity contribution in [3.63, 3.8) is 0 Å². The Morgan fingerprint density at radius 2 is 1.85 bits per heavy atom. The summed E-state index contributed by atoms with van der Waals surface area (Å²) in [6.07, 6.45) is 5.25. The molecule has 0 bridgehead atoms. The molecule has 0 amide bonds. The first kappa shape index (κ1) is 27.2. The number of H-pyrrole nitrogens is 1. The van der Waals surface area contributed by atoms with E-state index in [1.165, 1.54) is 0 Å². The lowest BCUT2D eigenvalue weighted by molar-refractivity contribution is -0.166. The SMILES string of the molecule is COc1cc(OC)c(CCC2(C3CCCC3)CC(O)=C(Sc3n[nH]c(-c4ccc(O)cc4)n3)C(=O)O2)cc1Cl. The number of aromatic nitrogens is 3. The highest BCUT2D eigenvalue weighted by molar-refractivity contribution is 8.03. The second kappa shape index (κ2) is 11.4. The first-order chi connectivity index (χ1) is 18.8. The molecule has 3 N–H and O–H groups in total. The average molecular weight is 572 g/mol. The molecular formula is C28H30ClN3O6S. The number of benzene rings is 2. The molecule has 1 fully saturated rings. The van der Waals surface area contributed by atoms with Gasteiger partial charge in [-0.3, -0.25) is 5.10 Å². The van der Waals surface area contributed by atoms with Gasteiger partial charge < -0.3 is 24.4 Å². The van der Waals surface area contributed by atoms with Gasteiger partial charge in [-0.1, -0.05) is 24.4 Å². The van der Waals surface area contributed by atoms with E-state index in [0.717, 1.165) is 48.6 Å². The molecule has 1 saturated carbocycles. The monoisotopic (exact) mass is 571 g/mol. The number of carbonyl (C=O) groups is 1. The van der Waals surface area contributed by atoms with Gasteiger partial charge >= 0.3 is 5.97 Å². The second-order valence-corrected chi connectivity index (χ2v) is 11.2. The zero-order valence-electron chi connectivity index (χ0n) is 21.7. The van der Waals surface area contributed by atoms with E-state index in [-0.39, 0.29) is 33.9 Å². The van der Waals surface area contributed by atoms with Crippen LogP contribution in [-0.2, 0) is 16.0 Å². The summed E-state index contributed by atoms with van der Waals surface area (Å²) < 4.78 is 17.1. The van der Waals surface area contributed by atoms with Crippen LogP contribution in [0.1, 0.15) is 44.1 Å². The van der Waals surface area contributed by atoms with Gasteiger partial charge in [-0.15, -0.1) is 5.10 Å². The van der Waals surface area contributed by atoms with Crippen molar-refractivity contribution in [1.29, 1.82) is 0 Å². The number of phenolic OH excluding ortho intramolecular Hbond substituents is 1. The summed E-state index contributed by atoms with van der Waals surface area (Å²) in [6, 6.07) is 10.1. The van der Waals surface area contributed by atoms with Crippen LogP contribution in [0.4, 0.5) is 0 Å². The van der Waals surface area contributed by atoms with Crippen molar-refractivity contribution in [2.75, 3.05) is 14.2 Å². The summed E-state index contributed by atoms with van der Waals surface area (Å²) in [7, 11) is 3.14. The van der Waals surface area contributed by atoms with Crippen molar-refractivity contribution < 1.29 is 29.2 Å². The van der Waals surface area contributed by atoms with E-state index in [9.17, 15) is 15.0 Å². The number of aliphatic hydroxyl groups excluding tert-OH is 1. The third-order valence-corrected chi connectivity index (χ3v) is 8.75. The van der Waals surface area contributed by atoms with E-state index in [1.54, 1.807) is 44.6 Å². The predicted molar refractivity (Wildman–Crippen MR) is 147 cm³/mol. The van der Waals surface area contributed by atoms with Crippen LogP contribution in [0.25, 0.3) is 11.4 Å². The number of hydrogen-bond donors (Lipinski definition) is 3. The maximum atomic E-state index is 13.4. The lowest BCUT2D eigenvalue weighted by Crippen LogP contribution is -2.45. The fourth-order valence-corrected chi connectivity index (χ4v) is 6.46. The van der Waals surface area contributed by atoms with Gasteiger partial charge in [0.1, 0.15) is 33.5 Å². The number of ether oxygens (including phenoxy) is 3. The smallest absolute Gasteiger partial charge is 0.349 e. The van der Waals surface area contributed by atoms with E-state index in [4.69, 9.17) is 25.8 Å². The number of phenols is 1. The Labute approximate surface area is 235 Å². The minimum absolute atomic E-state index is 0.0149. The van der Waals surface area contributed by atoms with E-state index in [1.807, 2.05) is 6.07 Å². The summed E-state index contributed by atoms with van der Waals surface area (Å²) >= 11 is 7.36. The maximum Gasteiger partial charge on any atom is 0.349 e. The number of cyclic esters (lactones) is 1. The van der Waals surface area contributed by atoms with Crippen LogP contribution >= 0.6 is 23.4 Å². The Hall–Kier alpha value is -3.37. The molecule has 2 heterocycles. The molecule has 1 aromatic heterocycles. The van der Waals surface area contributed by atoms with Crippen molar-refractivity contribution in [3.05, 3.63) is 57.6 Å². The highest BCUT2D eigenvalue weighted by Gasteiger charge is 2.48. The molecular weight excluding hydrogens is 542 g/mol. The predicted octanol–water partition coefficient (Wildman–Crippen LogP) is 6.22. The number of nitrogens with one attached hydrogen (secondary N) is 1. The van der Waals surface area contributed by atoms with Gasteiger partial charge in [-0.05, 0) is 79.3 Å². The Bertz CT molecular complexity index is 1390. The van der Waals surface area contributed by atoms with E-state index in [2.05, 4.69) is 15.2 Å². The van der Waals surface area contributed by atoms with Gasteiger partial charge in [0.2, 0.25) is 5.16 Å². The fraction of sp³-hybridized carbons (Fsp3) is 0.393. The summed E-state index contributed by atoms with van der Waals surface area (Å²) in [5.74, 6) is 1.34. The third-order valence-electron chi connectivity index (χ3n) is 7.48. The number of rotatable bonds is 9. The molecule has 3 aromatic rings. The average Bonchev–Trinajstić information content (AvgIpc) is 3.63. The van der Waals surface area contributed by atoms with Crippen LogP contribution in [0.15, 0.2) is 52.2 Å². The summed E-state index contributed by atoms with van der Waals surface area (Å²) in [4.78, 5) is 17.9. The van der Waals surface area contributed by atoms with Crippen LogP contribution in [0.5, 0.6) is 17.2 Å². The van der Waals surface area contributed by atoms with Crippen LogP contribution in [0.3, 0.4) is 0 Å². The molecule has 0 saturated heterocycles. The highest BCUT2D eigenvalue weighted by Crippen LogP contribution is 2.48. The summed E-state index contributed by atoms with van der Waals surface area (Å²) in [6.45, 7) is 0. The van der Waals surface area contributed by atoms with Gasteiger partial charge in [0, 0.05) is 18.1 Å². The number of aromatic hydroxyl groups is 1. The zero-order chi connectivity index (χ0) is 27.6. The lowest BCUT2D eigenvalue weighted by Gasteiger charge is -2.41. The van der Waals surface area contributed by atoms with Crippen LogP contribution in [-0.4, -0.2) is 51.2 Å². The molecule has 2 aliphatic rings. The molecule has 5 rings (SSSR count). The number of carbonyl (C=O) groups excluding carboxylic acids is 1. The number of thioether (sulfide) groups is 1. The molecule has 1 aliphatic heterocycles. The molecule has 2 aromatic carbocycles. The van der Waals surface area contributed by atoms with E-state index < -0.39 is 11.6 Å². The Morgan fingerprint density at radius 1 is 1.13 bits per heavy atom. The molecule has 1 unspecified atom stereocenters. The van der Waals surface area contributed by atoms with Crippen LogP contribution in [0, 0.1) is 5.92 Å². The van der Waals surface area contributed by atoms with E-state index >= 15 is 0 Å². The molecule has 0 radical (unpaired) electrons. The molecule has 39 heavy (non-hydrogen) atoms. The number of esters is 1. The van der Waals surface area contributed by atoms with Crippen molar-refractivity contribution in [1.82, 2.24) is 15.2 Å². The molecule has 206 valence electrons. The number of halogens is 1. The van der Waals surface area contributed by atoms with Crippen molar-refractivity contribution in [2.24, 2.45) is 5.92 Å². The molecule has 0 spiro atoms. The number of aryl methyl sites for hydroxylation is 1. The van der Waals surface area contributed by atoms with Crippen molar-refractivity contribution >= 4 is 29.3 Å². The van der Waals surface area contributed by atoms with Crippen molar-refractivity contribution in [3.8, 4) is 28.6 Å². The molecule has 11 heteroatoms. The normalized spacial score (nSPS) is 19.8. The topological polar surface area (TPSA) is 127 Å². The van der Waals surface area contributed by atoms with Gasteiger partial charge in [0.25, 0.3) is 0 Å². The Kier molecular flexibility index (Phi) is 7.95. The van der Waals surface area contributed by atoms with Crippen LogP contribution < -0.4 is 9.47 Å². The van der Waals surface area contributed by atoms with Gasteiger partial charge in [0.05, 0.1) is 19.2 Å². The first-order valence-corrected chi connectivity index (χ1v) is 14.0.